The van der Waals surface area contributed by atoms with Crippen molar-refractivity contribution < 1.29 is 0 Å². The lowest BCUT2D eigenvalue weighted by Crippen LogP contribution is -2.36. The highest BCUT2D eigenvalue weighted by atomic mass is 15.4. The summed E-state index contributed by atoms with van der Waals surface area (Å²) < 4.78 is 0. The topological polar surface area (TPSA) is 54.1 Å². The van der Waals surface area contributed by atoms with Crippen LogP contribution in [-0.2, 0) is 0 Å². The van der Waals surface area contributed by atoms with Crippen LogP contribution < -0.4 is 9.80 Å². The van der Waals surface area contributed by atoms with Gasteiger partial charge in [-0.05, 0) is 44.5 Å². The summed E-state index contributed by atoms with van der Waals surface area (Å²) in [5.41, 5.74) is 6.36. The summed E-state index contributed by atoms with van der Waals surface area (Å²) in [6.45, 7) is 6.27. The summed E-state index contributed by atoms with van der Waals surface area (Å²) in [5.74, 6) is 0. The van der Waals surface area contributed by atoms with E-state index < -0.39 is 0 Å². The molecule has 0 aromatic heterocycles. The van der Waals surface area contributed by atoms with Gasteiger partial charge in [-0.1, -0.05) is 17.7 Å². The van der Waals surface area contributed by atoms with Gasteiger partial charge in [0.2, 0.25) is 0 Å². The second-order valence-electron chi connectivity index (χ2n) is 6.02. The number of hydrogen-bond acceptors (Lipinski definition) is 4. The van der Waals surface area contributed by atoms with Gasteiger partial charge in [-0.2, -0.15) is 10.5 Å². The molecule has 0 aliphatic carbocycles. The van der Waals surface area contributed by atoms with Gasteiger partial charge in [0.05, 0.1) is 28.6 Å². The predicted octanol–water partition coefficient (Wildman–Crippen LogP) is 3.98. The van der Waals surface area contributed by atoms with E-state index in [4.69, 9.17) is 0 Å². The van der Waals surface area contributed by atoms with Crippen molar-refractivity contribution in [1.82, 2.24) is 0 Å². The number of benzene rings is 2. The minimum atomic E-state index is 0.0763. The molecule has 0 fully saturated rings. The van der Waals surface area contributed by atoms with Crippen molar-refractivity contribution in [3.05, 3.63) is 52.6 Å². The second kappa shape index (κ2) is 5.34. The first-order chi connectivity index (χ1) is 11.0. The molecule has 2 aromatic carbocycles. The molecular formula is C19H18N4. The molecule has 0 bridgehead atoms. The molecule has 1 atom stereocenters. The molecule has 114 valence electrons. The van der Waals surface area contributed by atoms with Crippen molar-refractivity contribution in [2.45, 2.75) is 26.9 Å². The van der Waals surface area contributed by atoms with Crippen molar-refractivity contribution in [2.75, 3.05) is 16.8 Å². The average Bonchev–Trinajstić information content (AvgIpc) is 2.78. The standard InChI is InChI=1S/C19H18N4/c1-12-5-6-17(13(2)7-12)23-14(3)22(4)19-16(11-21)8-15(10-20)9-18(19)23/h5-9,14H,1-4H3/t14-/m0/s1. The molecule has 2 aromatic rings. The summed E-state index contributed by atoms with van der Waals surface area (Å²) in [6.07, 6.45) is 0.0763. The fraction of sp³-hybridized carbons (Fsp3) is 0.263. The number of nitrogens with zero attached hydrogens (tertiary/aromatic N) is 4. The molecule has 1 aliphatic heterocycles. The van der Waals surface area contributed by atoms with Gasteiger partial charge in [0.1, 0.15) is 12.2 Å². The van der Waals surface area contributed by atoms with Crippen LogP contribution >= 0.6 is 0 Å². The molecule has 3 rings (SSSR count). The Bertz CT molecular complexity index is 870. The number of fused-ring (bicyclic) bond motifs is 1. The fourth-order valence-corrected chi connectivity index (χ4v) is 3.29. The summed E-state index contributed by atoms with van der Waals surface area (Å²) in [7, 11) is 1.99. The molecule has 0 saturated carbocycles. The average molecular weight is 302 g/mol. The first-order valence-electron chi connectivity index (χ1n) is 7.55. The molecule has 4 heteroatoms. The lowest BCUT2D eigenvalue weighted by Gasteiger charge is -2.29. The summed E-state index contributed by atoms with van der Waals surface area (Å²) in [5, 5.41) is 18.7. The Labute approximate surface area is 136 Å². The highest BCUT2D eigenvalue weighted by Crippen LogP contribution is 2.46. The Balaban J connectivity index is 2.27. The number of anilines is 3. The van der Waals surface area contributed by atoms with E-state index in [-0.39, 0.29) is 6.17 Å². The fourth-order valence-electron chi connectivity index (χ4n) is 3.29. The first-order valence-corrected chi connectivity index (χ1v) is 7.55. The van der Waals surface area contributed by atoms with E-state index in [2.05, 4.69) is 60.9 Å². The minimum absolute atomic E-state index is 0.0763. The van der Waals surface area contributed by atoms with Crippen molar-refractivity contribution in [2.24, 2.45) is 0 Å². The zero-order valence-electron chi connectivity index (χ0n) is 13.8. The van der Waals surface area contributed by atoms with Crippen LogP contribution in [0.5, 0.6) is 0 Å². The Hall–Kier alpha value is -2.98. The van der Waals surface area contributed by atoms with Crippen molar-refractivity contribution in [3.63, 3.8) is 0 Å². The quantitative estimate of drug-likeness (QED) is 0.799. The van der Waals surface area contributed by atoms with Crippen molar-refractivity contribution >= 4 is 17.1 Å². The molecule has 0 saturated heterocycles. The lowest BCUT2D eigenvalue weighted by molar-refractivity contribution is 0.732. The Morgan fingerprint density at radius 1 is 1.00 bits per heavy atom. The molecule has 1 aliphatic rings. The van der Waals surface area contributed by atoms with Crippen LogP contribution in [0.1, 0.15) is 29.2 Å². The highest BCUT2D eigenvalue weighted by Gasteiger charge is 2.34. The maximum atomic E-state index is 9.47. The van der Waals surface area contributed by atoms with E-state index in [9.17, 15) is 10.5 Å². The highest BCUT2D eigenvalue weighted by molar-refractivity contribution is 5.88. The van der Waals surface area contributed by atoms with E-state index in [1.807, 2.05) is 13.1 Å². The van der Waals surface area contributed by atoms with Gasteiger partial charge in [-0.15, -0.1) is 0 Å². The second-order valence-corrected chi connectivity index (χ2v) is 6.02. The summed E-state index contributed by atoms with van der Waals surface area (Å²) in [4.78, 5) is 4.29. The van der Waals surface area contributed by atoms with E-state index >= 15 is 0 Å². The molecule has 1 heterocycles. The number of hydrogen-bond donors (Lipinski definition) is 0. The molecule has 0 N–H and O–H groups in total. The largest absolute Gasteiger partial charge is 0.351 e. The van der Waals surface area contributed by atoms with Gasteiger partial charge in [0, 0.05) is 12.7 Å². The van der Waals surface area contributed by atoms with Crippen molar-refractivity contribution in [3.8, 4) is 12.1 Å². The Morgan fingerprint density at radius 3 is 2.35 bits per heavy atom. The van der Waals surface area contributed by atoms with Crippen LogP contribution in [0.4, 0.5) is 17.1 Å². The smallest absolute Gasteiger partial charge is 0.103 e. The molecule has 23 heavy (non-hydrogen) atoms. The number of aryl methyl sites for hydroxylation is 2. The number of nitriles is 2. The van der Waals surface area contributed by atoms with Gasteiger partial charge in [-0.25, -0.2) is 0 Å². The van der Waals surface area contributed by atoms with Gasteiger partial charge in [0.25, 0.3) is 0 Å². The maximum Gasteiger partial charge on any atom is 0.103 e. The van der Waals surface area contributed by atoms with Crippen LogP contribution in [0.3, 0.4) is 0 Å². The van der Waals surface area contributed by atoms with Crippen LogP contribution in [0.2, 0.25) is 0 Å². The van der Waals surface area contributed by atoms with Gasteiger partial charge >= 0.3 is 0 Å². The lowest BCUT2D eigenvalue weighted by atomic mass is 10.1. The third-order valence-corrected chi connectivity index (χ3v) is 4.50. The summed E-state index contributed by atoms with van der Waals surface area (Å²) >= 11 is 0. The monoisotopic (exact) mass is 302 g/mol. The van der Waals surface area contributed by atoms with Crippen LogP contribution in [0, 0.1) is 36.5 Å². The molecule has 0 radical (unpaired) electrons. The minimum Gasteiger partial charge on any atom is -0.351 e. The van der Waals surface area contributed by atoms with E-state index in [0.29, 0.717) is 11.1 Å². The summed E-state index contributed by atoms with van der Waals surface area (Å²) in [6, 6.07) is 14.3. The zero-order chi connectivity index (χ0) is 16.7. The molecule has 4 nitrogen and oxygen atoms in total. The third-order valence-electron chi connectivity index (χ3n) is 4.50. The van der Waals surface area contributed by atoms with E-state index in [1.165, 1.54) is 11.1 Å². The maximum absolute atomic E-state index is 9.47. The molecule has 0 spiro atoms. The number of rotatable bonds is 1. The third kappa shape index (κ3) is 2.20. The predicted molar refractivity (Wildman–Crippen MR) is 91.8 cm³/mol. The normalized spacial score (nSPS) is 16.0. The van der Waals surface area contributed by atoms with E-state index in [0.717, 1.165) is 17.1 Å². The first kappa shape index (κ1) is 14.9. The molecule has 0 unspecified atom stereocenters. The van der Waals surface area contributed by atoms with Gasteiger partial charge in [0.15, 0.2) is 0 Å². The van der Waals surface area contributed by atoms with Crippen LogP contribution in [0.25, 0.3) is 0 Å². The molecular weight excluding hydrogens is 284 g/mol. The van der Waals surface area contributed by atoms with Gasteiger partial charge in [-0.3, -0.25) is 0 Å². The molecule has 0 amide bonds. The Kier molecular flexibility index (Phi) is 3.47. The van der Waals surface area contributed by atoms with Gasteiger partial charge < -0.3 is 9.80 Å². The van der Waals surface area contributed by atoms with Crippen LogP contribution in [-0.4, -0.2) is 13.2 Å². The Morgan fingerprint density at radius 2 is 1.74 bits per heavy atom. The van der Waals surface area contributed by atoms with E-state index in [1.54, 1.807) is 6.07 Å². The van der Waals surface area contributed by atoms with Crippen molar-refractivity contribution in [1.29, 1.82) is 10.5 Å². The van der Waals surface area contributed by atoms with Crippen LogP contribution in [0.15, 0.2) is 30.3 Å². The SMILES string of the molecule is Cc1ccc(N2c3cc(C#N)cc(C#N)c3N(C)[C@@H]2C)c(C)c1. The zero-order valence-corrected chi connectivity index (χ0v) is 13.8.